The summed E-state index contributed by atoms with van der Waals surface area (Å²) in [6, 6.07) is 20.7. The molecule has 0 radical (unpaired) electrons. The fourth-order valence-corrected chi connectivity index (χ4v) is 7.92. The van der Waals surface area contributed by atoms with Crippen molar-refractivity contribution in [3.05, 3.63) is 102 Å². The number of benzene rings is 3. The van der Waals surface area contributed by atoms with Gasteiger partial charge in [-0.25, -0.2) is 4.90 Å². The predicted octanol–water partition coefficient (Wildman–Crippen LogP) is 5.89. The molecule has 2 aliphatic rings. The van der Waals surface area contributed by atoms with Crippen molar-refractivity contribution in [2.75, 3.05) is 12.0 Å². The van der Waals surface area contributed by atoms with Crippen molar-refractivity contribution in [2.24, 2.45) is 5.92 Å². The Morgan fingerprint density at radius 3 is 2.49 bits per heavy atom. The lowest BCUT2D eigenvalue weighted by Crippen LogP contribution is -2.32. The first-order valence-corrected chi connectivity index (χ1v) is 14.7. The van der Waals surface area contributed by atoms with Crippen LogP contribution in [0.4, 0.5) is 5.69 Å². The minimum absolute atomic E-state index is 0.215. The van der Waals surface area contributed by atoms with Gasteiger partial charge in [0, 0.05) is 15.3 Å². The lowest BCUT2D eigenvalue weighted by molar-refractivity contribution is -0.122. The second-order valence-electron chi connectivity index (χ2n) is 9.36. The topological polar surface area (TPSA) is 88.7 Å². The number of H-pyrrole nitrogens is 1. The fraction of sp³-hybridized carbons (Fsp3) is 0.207. The van der Waals surface area contributed by atoms with E-state index < -0.39 is 17.1 Å². The first-order valence-electron chi connectivity index (χ1n) is 12.2. The predicted molar refractivity (Wildman–Crippen MR) is 155 cm³/mol. The van der Waals surface area contributed by atoms with Crippen LogP contribution in [0.5, 0.6) is 11.5 Å². The van der Waals surface area contributed by atoms with Gasteiger partial charge in [0.15, 0.2) is 11.5 Å². The van der Waals surface area contributed by atoms with Gasteiger partial charge in [-0.1, -0.05) is 69.4 Å². The molecule has 198 valence electrons. The van der Waals surface area contributed by atoms with Crippen LogP contribution in [0.25, 0.3) is 0 Å². The third-order valence-corrected chi connectivity index (χ3v) is 10.0. The van der Waals surface area contributed by atoms with Crippen LogP contribution in [0, 0.1) is 12.8 Å². The summed E-state index contributed by atoms with van der Waals surface area (Å²) in [6.07, 6.45) is 0. The summed E-state index contributed by atoms with van der Waals surface area (Å²) < 4.78 is 12.6. The van der Waals surface area contributed by atoms with Gasteiger partial charge in [-0.05, 0) is 60.0 Å². The van der Waals surface area contributed by atoms with Gasteiger partial charge in [-0.2, -0.15) is 0 Å². The van der Waals surface area contributed by atoms with E-state index in [0.717, 1.165) is 37.4 Å². The minimum atomic E-state index is -0.673. The molecule has 2 aliphatic heterocycles. The second kappa shape index (κ2) is 10.3. The summed E-state index contributed by atoms with van der Waals surface area (Å²) in [4.78, 5) is 44.5. The number of carbonyl (C=O) groups is 2. The van der Waals surface area contributed by atoms with Crippen LogP contribution < -0.4 is 19.2 Å². The van der Waals surface area contributed by atoms with E-state index in [1.807, 2.05) is 49.4 Å². The Morgan fingerprint density at radius 1 is 0.974 bits per heavy atom. The quantitative estimate of drug-likeness (QED) is 0.270. The van der Waals surface area contributed by atoms with Crippen LogP contribution in [-0.2, 0) is 16.2 Å². The highest BCUT2D eigenvalue weighted by atomic mass is 79.9. The highest BCUT2D eigenvalue weighted by Crippen LogP contribution is 2.53. The number of rotatable bonds is 6. The molecule has 6 rings (SSSR count). The number of fused-ring (bicyclic) bond motifs is 2. The number of hydrogen-bond acceptors (Lipinski definition) is 7. The third kappa shape index (κ3) is 4.60. The number of thiazole rings is 1. The maximum atomic E-state index is 13.9. The Hall–Kier alpha value is -3.34. The average molecular weight is 624 g/mol. The second-order valence-corrected chi connectivity index (χ2v) is 12.4. The molecule has 0 bridgehead atoms. The molecule has 1 N–H and O–H groups in total. The molecule has 3 aromatic carbocycles. The zero-order chi connectivity index (χ0) is 27.3. The van der Waals surface area contributed by atoms with E-state index in [4.69, 9.17) is 9.47 Å². The van der Waals surface area contributed by atoms with Gasteiger partial charge < -0.3 is 14.5 Å². The number of thioether (sulfide) groups is 1. The monoisotopic (exact) mass is 622 g/mol. The number of nitrogens with one attached hydrogen (secondary N) is 1. The SMILES string of the molecule is COc1cc([C@H]2c3sc(=O)[nH]c3SC3C(=O)N(c4ccc(Br)cc4)C(=O)C32)ccc1OCc1ccccc1C. The van der Waals surface area contributed by atoms with Crippen molar-refractivity contribution in [1.29, 1.82) is 0 Å². The maximum Gasteiger partial charge on any atom is 0.305 e. The molecule has 7 nitrogen and oxygen atoms in total. The first-order chi connectivity index (χ1) is 18.9. The van der Waals surface area contributed by atoms with E-state index in [2.05, 4.69) is 20.9 Å². The number of amides is 2. The number of carbonyl (C=O) groups excluding carboxylic acids is 2. The molecule has 1 saturated heterocycles. The Balaban J connectivity index is 1.38. The normalized spacial score (nSPS) is 20.1. The highest BCUT2D eigenvalue weighted by molar-refractivity contribution is 9.10. The van der Waals surface area contributed by atoms with Gasteiger partial charge in [0.2, 0.25) is 11.8 Å². The number of methoxy groups -OCH3 is 1. The first kappa shape index (κ1) is 25.9. The van der Waals surface area contributed by atoms with Crippen molar-refractivity contribution in [2.45, 2.75) is 29.7 Å². The molecule has 1 aromatic heterocycles. The van der Waals surface area contributed by atoms with E-state index >= 15 is 0 Å². The van der Waals surface area contributed by atoms with Crippen LogP contribution in [0.15, 0.2) is 81.0 Å². The number of aryl methyl sites for hydroxylation is 1. The number of nitrogens with zero attached hydrogens (tertiary/aromatic N) is 1. The Bertz CT molecular complexity index is 1650. The van der Waals surface area contributed by atoms with Gasteiger partial charge in [-0.15, -0.1) is 0 Å². The summed E-state index contributed by atoms with van der Waals surface area (Å²) >= 11 is 5.74. The molecular weight excluding hydrogens is 600 g/mol. The average Bonchev–Trinajstić information content (AvgIpc) is 3.43. The zero-order valence-electron chi connectivity index (χ0n) is 21.0. The Labute approximate surface area is 241 Å². The van der Waals surface area contributed by atoms with Gasteiger partial charge >= 0.3 is 4.87 Å². The number of imide groups is 1. The number of hydrogen-bond donors (Lipinski definition) is 1. The van der Waals surface area contributed by atoms with E-state index in [1.54, 1.807) is 31.4 Å². The number of ether oxygens (including phenoxy) is 2. The molecule has 0 spiro atoms. The summed E-state index contributed by atoms with van der Waals surface area (Å²) in [5.41, 5.74) is 3.51. The fourth-order valence-electron chi connectivity index (χ4n) is 5.15. The van der Waals surface area contributed by atoms with Crippen LogP contribution in [0.3, 0.4) is 0 Å². The van der Waals surface area contributed by atoms with Crippen LogP contribution in [-0.4, -0.2) is 29.2 Å². The van der Waals surface area contributed by atoms with Crippen molar-refractivity contribution in [3.63, 3.8) is 0 Å². The third-order valence-electron chi connectivity index (χ3n) is 7.10. The molecule has 0 saturated carbocycles. The molecule has 1 fully saturated rings. The number of aromatic nitrogens is 1. The van der Waals surface area contributed by atoms with Crippen molar-refractivity contribution >= 4 is 56.5 Å². The van der Waals surface area contributed by atoms with E-state index in [1.165, 1.54) is 16.7 Å². The molecule has 39 heavy (non-hydrogen) atoms. The summed E-state index contributed by atoms with van der Waals surface area (Å²) in [6.45, 7) is 2.42. The molecule has 0 aliphatic carbocycles. The lowest BCUT2D eigenvalue weighted by Gasteiger charge is -2.30. The summed E-state index contributed by atoms with van der Waals surface area (Å²) in [7, 11) is 1.57. The smallest absolute Gasteiger partial charge is 0.305 e. The van der Waals surface area contributed by atoms with Crippen LogP contribution in [0.1, 0.15) is 27.5 Å². The van der Waals surface area contributed by atoms with Crippen LogP contribution in [0.2, 0.25) is 0 Å². The summed E-state index contributed by atoms with van der Waals surface area (Å²) in [5, 5.41) is -0.0271. The summed E-state index contributed by atoms with van der Waals surface area (Å²) in [5.74, 6) is -0.652. The Morgan fingerprint density at radius 2 is 1.74 bits per heavy atom. The van der Waals surface area contributed by atoms with Crippen molar-refractivity contribution in [3.8, 4) is 11.5 Å². The lowest BCUT2D eigenvalue weighted by atomic mass is 9.83. The zero-order valence-corrected chi connectivity index (χ0v) is 24.2. The molecular formula is C29H23BrN2O5S2. The van der Waals surface area contributed by atoms with Crippen molar-refractivity contribution in [1.82, 2.24) is 4.98 Å². The van der Waals surface area contributed by atoms with E-state index in [0.29, 0.717) is 28.8 Å². The Kier molecular flexibility index (Phi) is 6.86. The minimum Gasteiger partial charge on any atom is -0.493 e. The molecule has 10 heteroatoms. The molecule has 2 amide bonds. The van der Waals surface area contributed by atoms with E-state index in [-0.39, 0.29) is 16.7 Å². The van der Waals surface area contributed by atoms with Gasteiger partial charge in [0.25, 0.3) is 0 Å². The van der Waals surface area contributed by atoms with Crippen molar-refractivity contribution < 1.29 is 19.1 Å². The van der Waals surface area contributed by atoms with E-state index in [9.17, 15) is 14.4 Å². The molecule has 3 atom stereocenters. The van der Waals surface area contributed by atoms with Gasteiger partial charge in [-0.3, -0.25) is 14.4 Å². The van der Waals surface area contributed by atoms with Gasteiger partial charge in [0.1, 0.15) is 11.9 Å². The number of anilines is 1. The standard InChI is InChI=1S/C29H23BrN2O5S2/c1-15-5-3-4-6-17(15)14-37-20-12-7-16(13-21(20)36-2)22-23-25(38-26-24(22)39-29(35)31-26)28(34)32(27(23)33)19-10-8-18(30)9-11-19/h3-13,22-23,25H,14H2,1-2H3,(H,31,35)/t22-,23?,25?/m1/s1. The number of aromatic amines is 1. The maximum absolute atomic E-state index is 13.9. The largest absolute Gasteiger partial charge is 0.493 e. The number of halogens is 1. The highest BCUT2D eigenvalue weighted by Gasteiger charge is 2.56. The van der Waals surface area contributed by atoms with Crippen LogP contribution >= 0.6 is 39.0 Å². The molecule has 4 aromatic rings. The molecule has 3 heterocycles. The molecule has 2 unspecified atom stereocenters. The van der Waals surface area contributed by atoms with Gasteiger partial charge in [0.05, 0.1) is 23.7 Å².